The van der Waals surface area contributed by atoms with Gasteiger partial charge in [0.25, 0.3) is 0 Å². The summed E-state index contributed by atoms with van der Waals surface area (Å²) in [6, 6.07) is 6.32. The van der Waals surface area contributed by atoms with Gasteiger partial charge in [0.2, 0.25) is 0 Å². The van der Waals surface area contributed by atoms with E-state index in [0.717, 1.165) is 12.1 Å². The molecule has 0 radical (unpaired) electrons. The Balaban J connectivity index is 2.01. The van der Waals surface area contributed by atoms with E-state index in [1.807, 2.05) is 0 Å². The summed E-state index contributed by atoms with van der Waals surface area (Å²) >= 11 is 0. The molecule has 0 aliphatic carbocycles. The SMILES string of the molecule is O=[N+]([O-])c1ccc(NCc2ccc(F)c(F)c2)cn1. The Morgan fingerprint density at radius 3 is 2.58 bits per heavy atom. The highest BCUT2D eigenvalue weighted by molar-refractivity contribution is 5.44. The molecule has 0 atom stereocenters. The van der Waals surface area contributed by atoms with E-state index in [1.165, 1.54) is 24.4 Å². The summed E-state index contributed by atoms with van der Waals surface area (Å²) in [5, 5.41) is 13.3. The summed E-state index contributed by atoms with van der Waals surface area (Å²) in [5.41, 5.74) is 1.10. The molecule has 98 valence electrons. The second-order valence-electron chi connectivity index (χ2n) is 3.76. The van der Waals surface area contributed by atoms with Crippen molar-refractivity contribution < 1.29 is 13.7 Å². The van der Waals surface area contributed by atoms with E-state index in [1.54, 1.807) is 0 Å². The van der Waals surface area contributed by atoms with Crippen molar-refractivity contribution in [2.75, 3.05) is 5.32 Å². The van der Waals surface area contributed by atoms with Crippen LogP contribution >= 0.6 is 0 Å². The third kappa shape index (κ3) is 3.21. The summed E-state index contributed by atoms with van der Waals surface area (Å²) < 4.78 is 25.7. The fourth-order valence-corrected chi connectivity index (χ4v) is 1.45. The molecule has 0 aliphatic heterocycles. The van der Waals surface area contributed by atoms with E-state index >= 15 is 0 Å². The summed E-state index contributed by atoms with van der Waals surface area (Å²) in [6.07, 6.45) is 1.30. The maximum absolute atomic E-state index is 13.0. The van der Waals surface area contributed by atoms with Crippen molar-refractivity contribution in [2.45, 2.75) is 6.54 Å². The molecule has 0 bridgehead atoms. The van der Waals surface area contributed by atoms with E-state index in [9.17, 15) is 18.9 Å². The minimum Gasteiger partial charge on any atom is -0.378 e. The molecule has 1 N–H and O–H groups in total. The number of anilines is 1. The van der Waals surface area contributed by atoms with Gasteiger partial charge in [0.05, 0.1) is 5.69 Å². The van der Waals surface area contributed by atoms with Crippen LogP contribution in [0.15, 0.2) is 36.5 Å². The van der Waals surface area contributed by atoms with Crippen LogP contribution in [0, 0.1) is 21.7 Å². The van der Waals surface area contributed by atoms with Gasteiger partial charge in [-0.3, -0.25) is 0 Å². The zero-order valence-electron chi connectivity index (χ0n) is 9.64. The molecule has 0 fully saturated rings. The maximum atomic E-state index is 13.0. The van der Waals surface area contributed by atoms with Crippen molar-refractivity contribution in [1.29, 1.82) is 0 Å². The van der Waals surface area contributed by atoms with Gasteiger partial charge in [-0.2, -0.15) is 0 Å². The molecule has 1 aromatic heterocycles. The summed E-state index contributed by atoms with van der Waals surface area (Å²) in [5.74, 6) is -2.07. The van der Waals surface area contributed by atoms with Crippen LogP contribution in [0.1, 0.15) is 5.56 Å². The monoisotopic (exact) mass is 265 g/mol. The van der Waals surface area contributed by atoms with Crippen LogP contribution in [0.4, 0.5) is 20.3 Å². The Bertz CT molecular complexity index is 602. The van der Waals surface area contributed by atoms with E-state index in [-0.39, 0.29) is 12.4 Å². The van der Waals surface area contributed by atoms with Crippen molar-refractivity contribution in [3.8, 4) is 0 Å². The minimum absolute atomic E-state index is 0.252. The third-order valence-electron chi connectivity index (χ3n) is 2.42. The standard InChI is InChI=1S/C12H9F2N3O2/c13-10-3-1-8(5-11(10)14)6-15-9-2-4-12(16-7-9)17(18)19/h1-5,7,15H,6H2. The van der Waals surface area contributed by atoms with Gasteiger partial charge < -0.3 is 15.4 Å². The van der Waals surface area contributed by atoms with Gasteiger partial charge in [-0.05, 0) is 33.7 Å². The molecular weight excluding hydrogens is 256 g/mol. The highest BCUT2D eigenvalue weighted by Gasteiger charge is 2.06. The maximum Gasteiger partial charge on any atom is 0.363 e. The van der Waals surface area contributed by atoms with Crippen molar-refractivity contribution in [3.63, 3.8) is 0 Å². The van der Waals surface area contributed by atoms with Crippen LogP contribution in [-0.4, -0.2) is 9.91 Å². The fourth-order valence-electron chi connectivity index (χ4n) is 1.45. The molecule has 1 heterocycles. The van der Waals surface area contributed by atoms with Crippen molar-refractivity contribution in [1.82, 2.24) is 4.98 Å². The molecule has 0 unspecified atom stereocenters. The number of pyridine rings is 1. The lowest BCUT2D eigenvalue weighted by molar-refractivity contribution is -0.389. The molecule has 0 saturated carbocycles. The Hall–Kier alpha value is -2.57. The fraction of sp³-hybridized carbons (Fsp3) is 0.0833. The molecule has 5 nitrogen and oxygen atoms in total. The number of hydrogen-bond donors (Lipinski definition) is 1. The Morgan fingerprint density at radius 1 is 1.21 bits per heavy atom. The second-order valence-corrected chi connectivity index (χ2v) is 3.76. The number of aromatic nitrogens is 1. The lowest BCUT2D eigenvalue weighted by Crippen LogP contribution is -2.01. The van der Waals surface area contributed by atoms with Crippen LogP contribution < -0.4 is 5.32 Å². The molecule has 7 heteroatoms. The highest BCUT2D eigenvalue weighted by atomic mass is 19.2. The summed E-state index contributed by atoms with van der Waals surface area (Å²) in [4.78, 5) is 13.4. The van der Waals surface area contributed by atoms with Crippen LogP contribution in [0.2, 0.25) is 0 Å². The van der Waals surface area contributed by atoms with Gasteiger partial charge in [-0.1, -0.05) is 6.07 Å². The molecule has 19 heavy (non-hydrogen) atoms. The average molecular weight is 265 g/mol. The molecule has 0 aliphatic rings. The zero-order valence-corrected chi connectivity index (χ0v) is 9.64. The quantitative estimate of drug-likeness (QED) is 0.681. The summed E-state index contributed by atoms with van der Waals surface area (Å²) in [7, 11) is 0. The van der Waals surface area contributed by atoms with E-state index in [0.29, 0.717) is 11.3 Å². The first-order valence-electron chi connectivity index (χ1n) is 5.34. The van der Waals surface area contributed by atoms with Gasteiger partial charge in [-0.25, -0.2) is 8.78 Å². The Labute approximate surface area is 107 Å². The largest absolute Gasteiger partial charge is 0.378 e. The number of nitrogens with zero attached hydrogens (tertiary/aromatic N) is 2. The van der Waals surface area contributed by atoms with Crippen molar-refractivity contribution in [2.24, 2.45) is 0 Å². The van der Waals surface area contributed by atoms with E-state index in [4.69, 9.17) is 0 Å². The second kappa shape index (κ2) is 5.38. The lowest BCUT2D eigenvalue weighted by Gasteiger charge is -2.05. The predicted molar refractivity (Wildman–Crippen MR) is 64.6 cm³/mol. The minimum atomic E-state index is -0.916. The number of halogens is 2. The highest BCUT2D eigenvalue weighted by Crippen LogP contribution is 2.14. The van der Waals surface area contributed by atoms with Crippen LogP contribution in [0.25, 0.3) is 0 Å². The number of nitro groups is 1. The first-order chi connectivity index (χ1) is 9.06. The van der Waals surface area contributed by atoms with Gasteiger partial charge in [0, 0.05) is 12.6 Å². The molecular formula is C12H9F2N3O2. The Kier molecular flexibility index (Phi) is 3.65. The summed E-state index contributed by atoms with van der Waals surface area (Å²) in [6.45, 7) is 0.261. The smallest absolute Gasteiger partial charge is 0.363 e. The van der Waals surface area contributed by atoms with Crippen LogP contribution in [0.3, 0.4) is 0 Å². The van der Waals surface area contributed by atoms with E-state index in [2.05, 4.69) is 10.3 Å². The van der Waals surface area contributed by atoms with E-state index < -0.39 is 16.6 Å². The van der Waals surface area contributed by atoms with Crippen LogP contribution in [-0.2, 0) is 6.54 Å². The number of rotatable bonds is 4. The molecule has 0 saturated heterocycles. The van der Waals surface area contributed by atoms with Crippen molar-refractivity contribution in [3.05, 3.63) is 63.8 Å². The van der Waals surface area contributed by atoms with Gasteiger partial charge in [0.15, 0.2) is 17.8 Å². The average Bonchev–Trinajstić information content (AvgIpc) is 2.40. The molecule has 0 amide bonds. The molecule has 1 aromatic carbocycles. The number of hydrogen-bond acceptors (Lipinski definition) is 4. The molecule has 0 spiro atoms. The molecule has 2 rings (SSSR count). The van der Waals surface area contributed by atoms with Gasteiger partial charge in [0.1, 0.15) is 0 Å². The Morgan fingerprint density at radius 2 is 2.00 bits per heavy atom. The molecule has 2 aromatic rings. The number of benzene rings is 1. The first kappa shape index (κ1) is 12.9. The van der Waals surface area contributed by atoms with Crippen LogP contribution in [0.5, 0.6) is 0 Å². The zero-order chi connectivity index (χ0) is 13.8. The van der Waals surface area contributed by atoms with Crippen molar-refractivity contribution >= 4 is 11.5 Å². The normalized spacial score (nSPS) is 10.2. The third-order valence-corrected chi connectivity index (χ3v) is 2.42. The number of nitrogens with one attached hydrogen (secondary N) is 1. The van der Waals surface area contributed by atoms with Gasteiger partial charge >= 0.3 is 5.82 Å². The van der Waals surface area contributed by atoms with Gasteiger partial charge in [-0.15, -0.1) is 0 Å². The predicted octanol–water partition coefficient (Wildman–Crippen LogP) is 2.88. The topological polar surface area (TPSA) is 68.1 Å². The first-order valence-corrected chi connectivity index (χ1v) is 5.34. The lowest BCUT2D eigenvalue weighted by atomic mass is 10.2.